The molecule has 0 aliphatic heterocycles. The minimum atomic E-state index is 0.0601. The van der Waals surface area contributed by atoms with Crippen LogP contribution in [-0.4, -0.2) is 4.98 Å². The molecule has 0 bridgehead atoms. The van der Waals surface area contributed by atoms with Crippen LogP contribution >= 0.6 is 0 Å². The first-order valence-corrected chi connectivity index (χ1v) is 4.30. The van der Waals surface area contributed by atoms with Crippen LogP contribution in [0.3, 0.4) is 0 Å². The largest absolute Gasteiger partial charge is 0.322 e. The maximum atomic E-state index is 5.94. The van der Waals surface area contributed by atoms with Crippen LogP contribution in [0.2, 0.25) is 0 Å². The third kappa shape index (κ3) is 2.05. The lowest BCUT2D eigenvalue weighted by Crippen LogP contribution is -2.18. The van der Waals surface area contributed by atoms with Gasteiger partial charge in [0.2, 0.25) is 0 Å². The molecule has 0 saturated heterocycles. The number of nitrogens with zero attached hydrogens (tertiary/aromatic N) is 1. The van der Waals surface area contributed by atoms with E-state index in [4.69, 9.17) is 5.73 Å². The predicted molar refractivity (Wildman–Crippen MR) is 50.7 cm³/mol. The molecule has 0 amide bonds. The maximum absolute atomic E-state index is 5.94. The summed E-state index contributed by atoms with van der Waals surface area (Å²) in [6, 6.07) is 6.03. The lowest BCUT2D eigenvalue weighted by Gasteiger charge is -2.14. The molecule has 66 valence electrons. The van der Waals surface area contributed by atoms with Crippen molar-refractivity contribution in [1.82, 2.24) is 4.98 Å². The second-order valence-electron chi connectivity index (χ2n) is 3.47. The Morgan fingerprint density at radius 1 is 1.33 bits per heavy atom. The smallest absolute Gasteiger partial charge is 0.0576 e. The van der Waals surface area contributed by atoms with Crippen LogP contribution in [0.25, 0.3) is 0 Å². The minimum Gasteiger partial charge on any atom is -0.322 e. The predicted octanol–water partition coefficient (Wildman–Crippen LogP) is 2.05. The maximum Gasteiger partial charge on any atom is 0.0576 e. The highest BCUT2D eigenvalue weighted by molar-refractivity contribution is 5.13. The van der Waals surface area contributed by atoms with Crippen molar-refractivity contribution in [1.29, 1.82) is 0 Å². The van der Waals surface area contributed by atoms with Crippen molar-refractivity contribution in [3.8, 4) is 0 Å². The molecule has 1 heterocycles. The molecule has 0 aliphatic carbocycles. The molecule has 0 fully saturated rings. The van der Waals surface area contributed by atoms with Gasteiger partial charge in [-0.15, -0.1) is 0 Å². The summed E-state index contributed by atoms with van der Waals surface area (Å²) in [6.07, 6.45) is 0. The van der Waals surface area contributed by atoms with Crippen molar-refractivity contribution < 1.29 is 0 Å². The number of aryl methyl sites for hydroxylation is 1. The minimum absolute atomic E-state index is 0.0601. The zero-order valence-electron chi connectivity index (χ0n) is 7.91. The summed E-state index contributed by atoms with van der Waals surface area (Å²) in [5.41, 5.74) is 7.97. The van der Waals surface area contributed by atoms with Gasteiger partial charge in [0.05, 0.1) is 5.69 Å². The Bertz CT molecular complexity index is 256. The molecular formula is C10H16N2. The topological polar surface area (TPSA) is 38.9 Å². The number of hydrogen-bond donors (Lipinski definition) is 1. The Morgan fingerprint density at radius 2 is 2.00 bits per heavy atom. The fraction of sp³-hybridized carbons (Fsp3) is 0.500. The fourth-order valence-electron chi connectivity index (χ4n) is 1.09. The molecule has 0 aliphatic rings. The van der Waals surface area contributed by atoms with Crippen molar-refractivity contribution >= 4 is 0 Å². The van der Waals surface area contributed by atoms with E-state index in [9.17, 15) is 0 Å². The highest BCUT2D eigenvalue weighted by Crippen LogP contribution is 2.16. The van der Waals surface area contributed by atoms with Gasteiger partial charge in [-0.05, 0) is 25.0 Å². The number of aromatic nitrogens is 1. The molecule has 1 rings (SSSR count). The zero-order valence-corrected chi connectivity index (χ0v) is 7.91. The molecule has 1 aromatic heterocycles. The fourth-order valence-corrected chi connectivity index (χ4v) is 1.09. The van der Waals surface area contributed by atoms with Gasteiger partial charge in [0, 0.05) is 11.7 Å². The van der Waals surface area contributed by atoms with Gasteiger partial charge in [-0.25, -0.2) is 0 Å². The van der Waals surface area contributed by atoms with Crippen LogP contribution in [0.4, 0.5) is 0 Å². The molecular weight excluding hydrogens is 148 g/mol. The summed E-state index contributed by atoms with van der Waals surface area (Å²) in [5.74, 6) is 0.444. The lowest BCUT2D eigenvalue weighted by molar-refractivity contribution is 0.502. The Kier molecular flexibility index (Phi) is 2.82. The Balaban J connectivity index is 2.88. The third-order valence-electron chi connectivity index (χ3n) is 1.97. The summed E-state index contributed by atoms with van der Waals surface area (Å²) in [6.45, 7) is 6.19. The van der Waals surface area contributed by atoms with Gasteiger partial charge in [0.25, 0.3) is 0 Å². The van der Waals surface area contributed by atoms with Gasteiger partial charge >= 0.3 is 0 Å². The Morgan fingerprint density at radius 3 is 2.50 bits per heavy atom. The number of rotatable bonds is 2. The van der Waals surface area contributed by atoms with Crippen LogP contribution in [0.1, 0.15) is 31.3 Å². The standard InChI is InChI=1S/C10H16N2/c1-7(2)10(11)9-6-4-5-8(3)12-9/h4-7,10H,11H2,1-3H3/t10-/m0/s1. The Labute approximate surface area is 73.8 Å². The summed E-state index contributed by atoms with van der Waals surface area (Å²) in [5, 5.41) is 0. The molecule has 1 atom stereocenters. The molecule has 2 heteroatoms. The van der Waals surface area contributed by atoms with Gasteiger partial charge in [-0.3, -0.25) is 4.98 Å². The Hall–Kier alpha value is -0.890. The summed E-state index contributed by atoms with van der Waals surface area (Å²) < 4.78 is 0. The second-order valence-corrected chi connectivity index (χ2v) is 3.47. The molecule has 1 aromatic rings. The van der Waals surface area contributed by atoms with E-state index in [0.29, 0.717) is 5.92 Å². The van der Waals surface area contributed by atoms with E-state index < -0.39 is 0 Å². The SMILES string of the molecule is Cc1cccc([C@@H](N)C(C)C)n1. The first-order valence-electron chi connectivity index (χ1n) is 4.30. The number of nitrogens with two attached hydrogens (primary N) is 1. The van der Waals surface area contributed by atoms with E-state index in [-0.39, 0.29) is 6.04 Å². The van der Waals surface area contributed by atoms with Crippen LogP contribution in [0, 0.1) is 12.8 Å². The molecule has 0 aromatic carbocycles. The molecule has 0 spiro atoms. The van der Waals surface area contributed by atoms with E-state index in [1.807, 2.05) is 25.1 Å². The van der Waals surface area contributed by atoms with E-state index in [0.717, 1.165) is 11.4 Å². The quantitative estimate of drug-likeness (QED) is 0.726. The third-order valence-corrected chi connectivity index (χ3v) is 1.97. The van der Waals surface area contributed by atoms with Crippen LogP contribution < -0.4 is 5.73 Å². The highest BCUT2D eigenvalue weighted by atomic mass is 14.8. The van der Waals surface area contributed by atoms with E-state index in [1.54, 1.807) is 0 Å². The van der Waals surface area contributed by atoms with Crippen molar-refractivity contribution in [2.75, 3.05) is 0 Å². The molecule has 2 nitrogen and oxygen atoms in total. The number of hydrogen-bond acceptors (Lipinski definition) is 2. The molecule has 0 radical (unpaired) electrons. The van der Waals surface area contributed by atoms with Gasteiger partial charge in [-0.2, -0.15) is 0 Å². The van der Waals surface area contributed by atoms with E-state index in [2.05, 4.69) is 18.8 Å². The summed E-state index contributed by atoms with van der Waals surface area (Å²) in [4.78, 5) is 4.37. The highest BCUT2D eigenvalue weighted by Gasteiger charge is 2.10. The first kappa shape index (κ1) is 9.20. The zero-order chi connectivity index (χ0) is 9.14. The van der Waals surface area contributed by atoms with Gasteiger partial charge in [0.15, 0.2) is 0 Å². The van der Waals surface area contributed by atoms with Crippen molar-refractivity contribution in [3.63, 3.8) is 0 Å². The average Bonchev–Trinajstić information content (AvgIpc) is 2.03. The summed E-state index contributed by atoms with van der Waals surface area (Å²) in [7, 11) is 0. The van der Waals surface area contributed by atoms with Gasteiger partial charge in [-0.1, -0.05) is 19.9 Å². The van der Waals surface area contributed by atoms with Crippen molar-refractivity contribution in [3.05, 3.63) is 29.6 Å². The van der Waals surface area contributed by atoms with Crippen molar-refractivity contribution in [2.24, 2.45) is 11.7 Å². The van der Waals surface area contributed by atoms with Crippen LogP contribution in [0.5, 0.6) is 0 Å². The molecule has 0 unspecified atom stereocenters. The van der Waals surface area contributed by atoms with E-state index in [1.165, 1.54) is 0 Å². The molecule has 0 saturated carbocycles. The first-order chi connectivity index (χ1) is 5.61. The van der Waals surface area contributed by atoms with Gasteiger partial charge in [0.1, 0.15) is 0 Å². The molecule has 12 heavy (non-hydrogen) atoms. The van der Waals surface area contributed by atoms with Crippen LogP contribution in [-0.2, 0) is 0 Å². The lowest BCUT2D eigenvalue weighted by atomic mass is 10.0. The van der Waals surface area contributed by atoms with Crippen molar-refractivity contribution in [2.45, 2.75) is 26.8 Å². The number of pyridine rings is 1. The average molecular weight is 164 g/mol. The monoisotopic (exact) mass is 164 g/mol. The second kappa shape index (κ2) is 3.68. The van der Waals surface area contributed by atoms with Gasteiger partial charge < -0.3 is 5.73 Å². The summed E-state index contributed by atoms with van der Waals surface area (Å²) >= 11 is 0. The normalized spacial score (nSPS) is 13.4. The molecule has 2 N–H and O–H groups in total. The van der Waals surface area contributed by atoms with E-state index >= 15 is 0 Å². The van der Waals surface area contributed by atoms with Crippen LogP contribution in [0.15, 0.2) is 18.2 Å².